The van der Waals surface area contributed by atoms with E-state index in [-0.39, 0.29) is 11.9 Å². The second-order valence-electron chi connectivity index (χ2n) is 5.84. The lowest BCUT2D eigenvalue weighted by atomic mass is 10.2. The summed E-state index contributed by atoms with van der Waals surface area (Å²) in [6.07, 6.45) is 0. The van der Waals surface area contributed by atoms with E-state index in [9.17, 15) is 4.79 Å². The van der Waals surface area contributed by atoms with Crippen LogP contribution in [-0.2, 0) is 13.2 Å². The van der Waals surface area contributed by atoms with Gasteiger partial charge in [-0.25, -0.2) is 4.98 Å². The highest BCUT2D eigenvalue weighted by atomic mass is 32.1. The quantitative estimate of drug-likeness (QED) is 0.596. The Kier molecular flexibility index (Phi) is 5.83. The van der Waals surface area contributed by atoms with Crippen LogP contribution in [0.15, 0.2) is 53.2 Å². The van der Waals surface area contributed by atoms with Gasteiger partial charge in [0, 0.05) is 11.4 Å². The highest BCUT2D eigenvalue weighted by Crippen LogP contribution is 2.19. The number of thiazole rings is 1. The molecule has 0 unspecified atom stereocenters. The van der Waals surface area contributed by atoms with Crippen molar-refractivity contribution in [2.75, 3.05) is 0 Å². The molecule has 0 spiro atoms. The predicted molar refractivity (Wildman–Crippen MR) is 102 cm³/mol. The second kappa shape index (κ2) is 8.27. The van der Waals surface area contributed by atoms with E-state index in [1.165, 1.54) is 11.3 Å². The summed E-state index contributed by atoms with van der Waals surface area (Å²) in [5.74, 6) is 0.885. The van der Waals surface area contributed by atoms with Gasteiger partial charge in [0.15, 0.2) is 0 Å². The minimum atomic E-state index is 0.0556. The molecule has 0 radical (unpaired) electrons. The number of carbonyl (C=O) groups is 1. The Bertz CT molecular complexity index is 798. The first-order chi connectivity index (χ1) is 12.1. The van der Waals surface area contributed by atoms with E-state index in [0.717, 1.165) is 21.3 Å². The Morgan fingerprint density at radius 1 is 1.16 bits per heavy atom. The van der Waals surface area contributed by atoms with Gasteiger partial charge in [0.2, 0.25) is 0 Å². The van der Waals surface area contributed by atoms with Crippen molar-refractivity contribution >= 4 is 28.6 Å². The molecule has 130 valence electrons. The number of thiophene rings is 1. The molecule has 0 aliphatic rings. The van der Waals surface area contributed by atoms with E-state index in [2.05, 4.69) is 4.98 Å². The lowest BCUT2D eigenvalue weighted by Crippen LogP contribution is -2.36. The monoisotopic (exact) mass is 372 g/mol. The summed E-state index contributed by atoms with van der Waals surface area (Å²) < 4.78 is 5.73. The zero-order chi connectivity index (χ0) is 17.6. The Labute approximate surface area is 155 Å². The van der Waals surface area contributed by atoms with Gasteiger partial charge in [-0.2, -0.15) is 0 Å². The van der Waals surface area contributed by atoms with Gasteiger partial charge < -0.3 is 9.64 Å². The third-order valence-electron chi connectivity index (χ3n) is 3.65. The molecule has 0 aliphatic heterocycles. The summed E-state index contributed by atoms with van der Waals surface area (Å²) in [6.45, 7) is 5.00. The average molecular weight is 373 g/mol. The molecule has 2 heterocycles. The summed E-state index contributed by atoms with van der Waals surface area (Å²) in [4.78, 5) is 19.9. The minimum absolute atomic E-state index is 0.0556. The van der Waals surface area contributed by atoms with Gasteiger partial charge >= 0.3 is 0 Å². The fourth-order valence-corrected chi connectivity index (χ4v) is 3.73. The smallest absolute Gasteiger partial charge is 0.264 e. The maximum atomic E-state index is 12.7. The summed E-state index contributed by atoms with van der Waals surface area (Å²) in [5.41, 5.74) is 0.898. The van der Waals surface area contributed by atoms with Crippen molar-refractivity contribution in [3.8, 4) is 5.75 Å². The van der Waals surface area contributed by atoms with Gasteiger partial charge in [0.05, 0.1) is 17.1 Å². The number of benzene rings is 1. The number of aromatic nitrogens is 1. The lowest BCUT2D eigenvalue weighted by molar-refractivity contribution is 0.0693. The molecule has 0 saturated carbocycles. The topological polar surface area (TPSA) is 42.4 Å². The van der Waals surface area contributed by atoms with E-state index < -0.39 is 0 Å². The number of amides is 1. The SMILES string of the molecule is CC(C)N(Cc1csc(COc2ccccc2)n1)C(=O)c1cccs1. The molecule has 0 saturated heterocycles. The van der Waals surface area contributed by atoms with Crippen molar-refractivity contribution < 1.29 is 9.53 Å². The fraction of sp³-hybridized carbons (Fsp3) is 0.263. The molecule has 0 atom stereocenters. The van der Waals surface area contributed by atoms with Gasteiger partial charge in [0.25, 0.3) is 5.91 Å². The third-order valence-corrected chi connectivity index (χ3v) is 5.38. The molecule has 2 aromatic heterocycles. The maximum absolute atomic E-state index is 12.7. The van der Waals surface area contributed by atoms with Crippen LogP contribution in [0.1, 0.15) is 34.2 Å². The van der Waals surface area contributed by atoms with Crippen LogP contribution >= 0.6 is 22.7 Å². The van der Waals surface area contributed by atoms with Gasteiger partial charge in [-0.3, -0.25) is 4.79 Å². The molecular formula is C19H20N2O2S2. The second-order valence-corrected chi connectivity index (χ2v) is 7.73. The Hall–Kier alpha value is -2.18. The van der Waals surface area contributed by atoms with Crippen LogP contribution in [0.25, 0.3) is 0 Å². The molecule has 3 aromatic rings. The number of rotatable bonds is 7. The van der Waals surface area contributed by atoms with Crippen molar-refractivity contribution in [1.82, 2.24) is 9.88 Å². The molecule has 6 heteroatoms. The van der Waals surface area contributed by atoms with Crippen molar-refractivity contribution in [3.05, 3.63) is 68.8 Å². The molecule has 4 nitrogen and oxygen atoms in total. The lowest BCUT2D eigenvalue weighted by Gasteiger charge is -2.25. The van der Waals surface area contributed by atoms with Crippen LogP contribution < -0.4 is 4.74 Å². The number of ether oxygens (including phenoxy) is 1. The largest absolute Gasteiger partial charge is 0.486 e. The van der Waals surface area contributed by atoms with Crippen molar-refractivity contribution in [1.29, 1.82) is 0 Å². The third kappa shape index (κ3) is 4.67. The molecule has 0 aliphatic carbocycles. The molecule has 0 bridgehead atoms. The molecule has 25 heavy (non-hydrogen) atoms. The summed E-state index contributed by atoms with van der Waals surface area (Å²) in [5, 5.41) is 4.83. The summed E-state index contributed by atoms with van der Waals surface area (Å²) in [6, 6.07) is 13.6. The molecule has 1 amide bonds. The standard InChI is InChI=1S/C19H20N2O2S2/c1-14(2)21(19(22)17-9-6-10-24-17)11-15-13-25-18(20-15)12-23-16-7-4-3-5-8-16/h3-10,13-14H,11-12H2,1-2H3. The van der Waals surface area contributed by atoms with Crippen molar-refractivity contribution in [2.24, 2.45) is 0 Å². The average Bonchev–Trinajstić information content (AvgIpc) is 3.30. The molecule has 0 N–H and O–H groups in total. The zero-order valence-corrected chi connectivity index (χ0v) is 15.8. The highest BCUT2D eigenvalue weighted by molar-refractivity contribution is 7.12. The van der Waals surface area contributed by atoms with Crippen molar-refractivity contribution in [2.45, 2.75) is 33.0 Å². The number of hydrogen-bond donors (Lipinski definition) is 0. The summed E-state index contributed by atoms with van der Waals surface area (Å²) in [7, 11) is 0. The van der Waals surface area contributed by atoms with Crippen LogP contribution in [-0.4, -0.2) is 21.8 Å². The highest BCUT2D eigenvalue weighted by Gasteiger charge is 2.21. The number of nitrogens with zero attached hydrogens (tertiary/aromatic N) is 2. The van der Waals surface area contributed by atoms with E-state index >= 15 is 0 Å². The van der Waals surface area contributed by atoms with Crippen LogP contribution in [0.4, 0.5) is 0 Å². The zero-order valence-electron chi connectivity index (χ0n) is 14.2. The normalized spacial score (nSPS) is 10.8. The number of carbonyl (C=O) groups excluding carboxylic acids is 1. The van der Waals surface area contributed by atoms with Gasteiger partial charge in [-0.15, -0.1) is 22.7 Å². The fourth-order valence-electron chi connectivity index (χ4n) is 2.35. The number of hydrogen-bond acceptors (Lipinski definition) is 5. The predicted octanol–water partition coefficient (Wildman–Crippen LogP) is 4.83. The first kappa shape index (κ1) is 17.6. The molecule has 3 rings (SSSR count). The number of para-hydroxylation sites is 1. The molecular weight excluding hydrogens is 352 g/mol. The van der Waals surface area contributed by atoms with Gasteiger partial charge in [-0.05, 0) is 37.4 Å². The first-order valence-corrected chi connectivity index (χ1v) is 9.85. The molecule has 1 aromatic carbocycles. The minimum Gasteiger partial charge on any atom is -0.486 e. The van der Waals surface area contributed by atoms with Crippen LogP contribution in [0.2, 0.25) is 0 Å². The van der Waals surface area contributed by atoms with E-state index in [0.29, 0.717) is 13.2 Å². The summed E-state index contributed by atoms with van der Waals surface area (Å²) >= 11 is 3.03. The first-order valence-electron chi connectivity index (χ1n) is 8.09. The van der Waals surface area contributed by atoms with Crippen LogP contribution in [0.5, 0.6) is 5.75 Å². The Balaban J connectivity index is 1.63. The van der Waals surface area contributed by atoms with Crippen LogP contribution in [0.3, 0.4) is 0 Å². The Morgan fingerprint density at radius 3 is 2.64 bits per heavy atom. The van der Waals surface area contributed by atoms with Crippen molar-refractivity contribution in [3.63, 3.8) is 0 Å². The van der Waals surface area contributed by atoms with E-state index in [1.807, 2.05) is 72.0 Å². The van der Waals surface area contributed by atoms with E-state index in [1.54, 1.807) is 11.3 Å². The Morgan fingerprint density at radius 2 is 1.96 bits per heavy atom. The maximum Gasteiger partial charge on any atom is 0.264 e. The molecule has 0 fully saturated rings. The van der Waals surface area contributed by atoms with E-state index in [4.69, 9.17) is 4.74 Å². The van der Waals surface area contributed by atoms with Crippen LogP contribution in [0, 0.1) is 0 Å². The van der Waals surface area contributed by atoms with Gasteiger partial charge in [-0.1, -0.05) is 24.3 Å². The van der Waals surface area contributed by atoms with Gasteiger partial charge in [0.1, 0.15) is 17.4 Å².